The predicted molar refractivity (Wildman–Crippen MR) is 94.8 cm³/mol. The predicted octanol–water partition coefficient (Wildman–Crippen LogP) is 2.88. The number of hydrogen-bond acceptors (Lipinski definition) is 5. The van der Waals surface area contributed by atoms with E-state index in [9.17, 15) is 4.79 Å². The van der Waals surface area contributed by atoms with Crippen molar-refractivity contribution >= 4 is 11.7 Å². The van der Waals surface area contributed by atoms with Crippen LogP contribution in [-0.4, -0.2) is 38.4 Å². The lowest BCUT2D eigenvalue weighted by atomic mass is 10.0. The Morgan fingerprint density at radius 3 is 2.64 bits per heavy atom. The zero-order valence-corrected chi connectivity index (χ0v) is 15.1. The number of rotatable bonds is 5. The number of hydrogen-bond donors (Lipinski definition) is 1. The maximum atomic E-state index is 12.3. The van der Waals surface area contributed by atoms with Crippen molar-refractivity contribution in [2.24, 2.45) is 0 Å². The lowest BCUT2D eigenvalue weighted by Gasteiger charge is -2.22. The van der Waals surface area contributed by atoms with Gasteiger partial charge in [-0.25, -0.2) is 9.97 Å². The molecule has 1 fully saturated rings. The van der Waals surface area contributed by atoms with E-state index in [1.807, 2.05) is 32.9 Å². The monoisotopic (exact) mass is 343 g/mol. The first-order valence-electron chi connectivity index (χ1n) is 8.82. The molecule has 0 saturated carbocycles. The van der Waals surface area contributed by atoms with Crippen molar-refractivity contribution in [2.45, 2.75) is 59.0 Å². The first kappa shape index (κ1) is 17.5. The van der Waals surface area contributed by atoms with E-state index < -0.39 is 0 Å². The van der Waals surface area contributed by atoms with Crippen LogP contribution in [0.15, 0.2) is 12.1 Å². The highest BCUT2D eigenvalue weighted by Gasteiger charge is 2.17. The van der Waals surface area contributed by atoms with Gasteiger partial charge in [-0.2, -0.15) is 9.78 Å². The zero-order valence-electron chi connectivity index (χ0n) is 15.1. The summed E-state index contributed by atoms with van der Waals surface area (Å²) in [4.78, 5) is 21.2. The summed E-state index contributed by atoms with van der Waals surface area (Å²) in [7, 11) is 0. The SMILES string of the molecule is Cc1cc(C)nc(-n2nc(C)cc2NC(=O)CC[C@@H]2CCCCO2)n1. The molecule has 0 spiro atoms. The van der Waals surface area contributed by atoms with Crippen LogP contribution < -0.4 is 5.32 Å². The quantitative estimate of drug-likeness (QED) is 0.903. The fraction of sp³-hybridized carbons (Fsp3) is 0.556. The Morgan fingerprint density at radius 1 is 1.20 bits per heavy atom. The fourth-order valence-electron chi connectivity index (χ4n) is 3.08. The molecule has 1 N–H and O–H groups in total. The molecule has 3 heterocycles. The lowest BCUT2D eigenvalue weighted by molar-refractivity contribution is -0.117. The summed E-state index contributed by atoms with van der Waals surface area (Å²) in [6, 6.07) is 3.73. The molecule has 1 aliphatic rings. The number of amides is 1. The maximum Gasteiger partial charge on any atom is 0.252 e. The Labute approximate surface area is 147 Å². The Hall–Kier alpha value is -2.28. The number of nitrogens with one attached hydrogen (secondary N) is 1. The van der Waals surface area contributed by atoms with E-state index in [2.05, 4.69) is 20.4 Å². The molecule has 7 nitrogen and oxygen atoms in total. The van der Waals surface area contributed by atoms with Gasteiger partial charge in [0.15, 0.2) is 0 Å². The normalized spacial score (nSPS) is 17.5. The van der Waals surface area contributed by atoms with Gasteiger partial charge >= 0.3 is 0 Å². The molecule has 1 saturated heterocycles. The van der Waals surface area contributed by atoms with Gasteiger partial charge in [-0.1, -0.05) is 0 Å². The van der Waals surface area contributed by atoms with E-state index >= 15 is 0 Å². The van der Waals surface area contributed by atoms with Gasteiger partial charge in [0.2, 0.25) is 5.91 Å². The molecule has 0 bridgehead atoms. The molecule has 0 aromatic carbocycles. The standard InChI is InChI=1S/C18H25N5O2/c1-12-10-13(2)20-18(19-12)23-16(11-14(3)22-23)21-17(24)8-7-15-6-4-5-9-25-15/h10-11,15H,4-9H2,1-3H3,(H,21,24)/t15-/m0/s1. The van der Waals surface area contributed by atoms with Gasteiger partial charge in [0.25, 0.3) is 5.95 Å². The summed E-state index contributed by atoms with van der Waals surface area (Å²) in [5.74, 6) is 1.02. The summed E-state index contributed by atoms with van der Waals surface area (Å²) < 4.78 is 7.27. The van der Waals surface area contributed by atoms with E-state index in [-0.39, 0.29) is 12.0 Å². The molecule has 3 rings (SSSR count). The Balaban J connectivity index is 1.69. The number of carbonyl (C=O) groups excluding carboxylic acids is 1. The second-order valence-corrected chi connectivity index (χ2v) is 6.61. The third-order valence-corrected chi connectivity index (χ3v) is 4.23. The fourth-order valence-corrected chi connectivity index (χ4v) is 3.08. The summed E-state index contributed by atoms with van der Waals surface area (Å²) in [6.45, 7) is 6.51. The largest absolute Gasteiger partial charge is 0.378 e. The van der Waals surface area contributed by atoms with Crippen molar-refractivity contribution in [1.29, 1.82) is 0 Å². The van der Waals surface area contributed by atoms with Gasteiger partial charge in [0.05, 0.1) is 11.8 Å². The van der Waals surface area contributed by atoms with E-state index in [0.717, 1.165) is 43.0 Å². The van der Waals surface area contributed by atoms with Crippen LogP contribution in [0, 0.1) is 20.8 Å². The van der Waals surface area contributed by atoms with Crippen molar-refractivity contribution in [3.63, 3.8) is 0 Å². The summed E-state index contributed by atoms with van der Waals surface area (Å²) in [5.41, 5.74) is 2.53. The van der Waals surface area contributed by atoms with Crippen LogP contribution in [-0.2, 0) is 9.53 Å². The van der Waals surface area contributed by atoms with Crippen LogP contribution in [0.4, 0.5) is 5.82 Å². The van der Waals surface area contributed by atoms with E-state index in [0.29, 0.717) is 18.2 Å². The summed E-state index contributed by atoms with van der Waals surface area (Å²) >= 11 is 0. The van der Waals surface area contributed by atoms with Gasteiger partial charge < -0.3 is 10.1 Å². The molecular formula is C18H25N5O2. The van der Waals surface area contributed by atoms with Crippen LogP contribution >= 0.6 is 0 Å². The third-order valence-electron chi connectivity index (χ3n) is 4.23. The number of aromatic nitrogens is 4. The van der Waals surface area contributed by atoms with Crippen LogP contribution in [0.1, 0.15) is 49.2 Å². The minimum Gasteiger partial charge on any atom is -0.378 e. The average Bonchev–Trinajstić information content (AvgIpc) is 2.93. The highest BCUT2D eigenvalue weighted by atomic mass is 16.5. The lowest BCUT2D eigenvalue weighted by Crippen LogP contribution is -2.22. The molecule has 25 heavy (non-hydrogen) atoms. The Kier molecular flexibility index (Phi) is 5.43. The smallest absolute Gasteiger partial charge is 0.252 e. The molecule has 2 aromatic rings. The van der Waals surface area contributed by atoms with Gasteiger partial charge in [0.1, 0.15) is 5.82 Å². The third kappa shape index (κ3) is 4.63. The molecule has 134 valence electrons. The molecule has 0 radical (unpaired) electrons. The Morgan fingerprint density at radius 2 is 1.96 bits per heavy atom. The zero-order chi connectivity index (χ0) is 17.8. The molecule has 1 atom stereocenters. The van der Waals surface area contributed by atoms with Crippen LogP contribution in [0.2, 0.25) is 0 Å². The average molecular weight is 343 g/mol. The highest BCUT2D eigenvalue weighted by Crippen LogP contribution is 2.19. The number of carbonyl (C=O) groups is 1. The van der Waals surface area contributed by atoms with Crippen molar-refractivity contribution in [2.75, 3.05) is 11.9 Å². The number of anilines is 1. The molecule has 0 unspecified atom stereocenters. The number of nitrogens with zero attached hydrogens (tertiary/aromatic N) is 4. The molecule has 1 amide bonds. The van der Waals surface area contributed by atoms with Gasteiger partial charge in [-0.05, 0) is 52.5 Å². The van der Waals surface area contributed by atoms with Gasteiger partial charge in [-0.15, -0.1) is 0 Å². The second-order valence-electron chi connectivity index (χ2n) is 6.61. The minimum atomic E-state index is -0.0419. The second kappa shape index (κ2) is 7.74. The van der Waals surface area contributed by atoms with E-state index in [1.54, 1.807) is 4.68 Å². The van der Waals surface area contributed by atoms with Crippen molar-refractivity contribution in [3.8, 4) is 5.95 Å². The van der Waals surface area contributed by atoms with Crippen molar-refractivity contribution < 1.29 is 9.53 Å². The summed E-state index contributed by atoms with van der Waals surface area (Å²) in [5, 5.41) is 7.35. The maximum absolute atomic E-state index is 12.3. The molecular weight excluding hydrogens is 318 g/mol. The Bertz CT molecular complexity index is 730. The topological polar surface area (TPSA) is 81.9 Å². The number of aryl methyl sites for hydroxylation is 3. The van der Waals surface area contributed by atoms with E-state index in [4.69, 9.17) is 4.74 Å². The molecule has 7 heteroatoms. The highest BCUT2D eigenvalue weighted by molar-refractivity contribution is 5.90. The van der Waals surface area contributed by atoms with Gasteiger partial charge in [-0.3, -0.25) is 4.79 Å². The summed E-state index contributed by atoms with van der Waals surface area (Å²) in [6.07, 6.45) is 4.73. The van der Waals surface area contributed by atoms with Crippen LogP contribution in [0.5, 0.6) is 0 Å². The number of ether oxygens (including phenoxy) is 1. The van der Waals surface area contributed by atoms with E-state index in [1.165, 1.54) is 6.42 Å². The van der Waals surface area contributed by atoms with Crippen molar-refractivity contribution in [3.05, 3.63) is 29.2 Å². The molecule has 1 aliphatic heterocycles. The van der Waals surface area contributed by atoms with Crippen molar-refractivity contribution in [1.82, 2.24) is 19.7 Å². The van der Waals surface area contributed by atoms with Crippen LogP contribution in [0.25, 0.3) is 5.95 Å². The van der Waals surface area contributed by atoms with Gasteiger partial charge in [0, 0.05) is 30.5 Å². The first-order valence-corrected chi connectivity index (χ1v) is 8.82. The first-order chi connectivity index (χ1) is 12.0. The minimum absolute atomic E-state index is 0.0419. The molecule has 0 aliphatic carbocycles. The van der Waals surface area contributed by atoms with Crippen LogP contribution in [0.3, 0.4) is 0 Å². The molecule has 2 aromatic heterocycles.